The Morgan fingerprint density at radius 2 is 1.56 bits per heavy atom. The maximum Gasteiger partial charge on any atom is 0.251 e. The Balaban J connectivity index is 1.46. The summed E-state index contributed by atoms with van der Waals surface area (Å²) in [5.74, 6) is 0.473. The van der Waals surface area contributed by atoms with Gasteiger partial charge in [0.2, 0.25) is 11.9 Å². The number of rotatable bonds is 3. The fourth-order valence-electron chi connectivity index (χ4n) is 3.94. The molecule has 7 heteroatoms. The van der Waals surface area contributed by atoms with Gasteiger partial charge in [-0.15, -0.1) is 0 Å². The molecule has 1 aromatic carbocycles. The first-order valence-electron chi connectivity index (χ1n) is 9.24. The van der Waals surface area contributed by atoms with Crippen molar-refractivity contribution in [2.75, 3.05) is 36.0 Å². The molecule has 0 radical (unpaired) electrons. The van der Waals surface area contributed by atoms with Gasteiger partial charge in [0.1, 0.15) is 0 Å². The van der Waals surface area contributed by atoms with Gasteiger partial charge in [0.25, 0.3) is 5.91 Å². The zero-order valence-electron chi connectivity index (χ0n) is 15.6. The quantitative estimate of drug-likeness (QED) is 0.769. The number of carbonyl (C=O) groups excluding carboxylic acids is 2. The highest BCUT2D eigenvalue weighted by Gasteiger charge is 2.43. The van der Waals surface area contributed by atoms with E-state index in [1.165, 1.54) is 4.90 Å². The zero-order valence-corrected chi connectivity index (χ0v) is 15.6. The minimum atomic E-state index is -0.378. The van der Waals surface area contributed by atoms with Gasteiger partial charge in [0.15, 0.2) is 0 Å². The van der Waals surface area contributed by atoms with Gasteiger partial charge in [0, 0.05) is 38.6 Å². The monoisotopic (exact) mass is 365 g/mol. The molecule has 1 aromatic heterocycles. The van der Waals surface area contributed by atoms with Gasteiger partial charge in [-0.2, -0.15) is 0 Å². The van der Waals surface area contributed by atoms with E-state index in [2.05, 4.69) is 19.8 Å². The highest BCUT2D eigenvalue weighted by molar-refractivity contribution is 6.22. The van der Waals surface area contributed by atoms with Crippen molar-refractivity contribution in [2.24, 2.45) is 0 Å². The van der Waals surface area contributed by atoms with Gasteiger partial charge in [-0.3, -0.25) is 14.5 Å². The van der Waals surface area contributed by atoms with Crippen molar-refractivity contribution >= 4 is 23.5 Å². The van der Waals surface area contributed by atoms with Gasteiger partial charge in [-0.05, 0) is 43.2 Å². The maximum atomic E-state index is 13.0. The normalized spacial score (nSPS) is 21.2. The molecule has 0 N–H and O–H groups in total. The molecule has 2 aliphatic rings. The van der Waals surface area contributed by atoms with E-state index in [9.17, 15) is 9.59 Å². The molecule has 2 aliphatic heterocycles. The van der Waals surface area contributed by atoms with Crippen LogP contribution in [0.15, 0.2) is 36.7 Å². The first kappa shape index (κ1) is 17.6. The second kappa shape index (κ2) is 7.08. The van der Waals surface area contributed by atoms with E-state index in [0.717, 1.165) is 24.2 Å². The zero-order chi connectivity index (χ0) is 19.0. The summed E-state index contributed by atoms with van der Waals surface area (Å²) in [4.78, 5) is 39.8. The number of amides is 2. The van der Waals surface area contributed by atoms with Crippen molar-refractivity contribution in [3.63, 3.8) is 0 Å². The molecule has 2 saturated heterocycles. The maximum absolute atomic E-state index is 13.0. The summed E-state index contributed by atoms with van der Waals surface area (Å²) in [5.41, 5.74) is 2.78. The Kier molecular flexibility index (Phi) is 4.61. The van der Waals surface area contributed by atoms with Crippen molar-refractivity contribution < 1.29 is 9.59 Å². The van der Waals surface area contributed by atoms with Crippen LogP contribution in [0, 0.1) is 13.8 Å². The molecule has 0 spiro atoms. The molecule has 0 bridgehead atoms. The van der Waals surface area contributed by atoms with Crippen LogP contribution in [0.4, 0.5) is 11.6 Å². The summed E-state index contributed by atoms with van der Waals surface area (Å²) in [6.07, 6.45) is 3.71. The average molecular weight is 365 g/mol. The molecular formula is C20H23N5O2. The molecule has 2 aromatic rings. The van der Waals surface area contributed by atoms with E-state index in [-0.39, 0.29) is 24.3 Å². The molecule has 7 nitrogen and oxygen atoms in total. The van der Waals surface area contributed by atoms with E-state index in [0.29, 0.717) is 24.7 Å². The lowest BCUT2D eigenvalue weighted by atomic mass is 10.1. The molecule has 140 valence electrons. The lowest BCUT2D eigenvalue weighted by Crippen LogP contribution is -2.53. The van der Waals surface area contributed by atoms with E-state index < -0.39 is 0 Å². The van der Waals surface area contributed by atoms with Crippen molar-refractivity contribution in [3.05, 3.63) is 47.8 Å². The number of hydrogen-bond donors (Lipinski definition) is 0. The van der Waals surface area contributed by atoms with Crippen molar-refractivity contribution in [1.29, 1.82) is 0 Å². The molecule has 3 heterocycles. The number of piperazine rings is 1. The number of aryl methyl sites for hydroxylation is 2. The van der Waals surface area contributed by atoms with Crippen LogP contribution in [0.1, 0.15) is 17.5 Å². The molecule has 0 aliphatic carbocycles. The molecule has 1 atom stereocenters. The molecule has 27 heavy (non-hydrogen) atoms. The Morgan fingerprint density at radius 3 is 2.19 bits per heavy atom. The molecule has 2 amide bonds. The number of benzene rings is 1. The molecule has 0 saturated carbocycles. The number of hydrogen-bond acceptors (Lipinski definition) is 6. The summed E-state index contributed by atoms with van der Waals surface area (Å²) in [5, 5.41) is 0. The topological polar surface area (TPSA) is 69.6 Å². The first-order valence-corrected chi connectivity index (χ1v) is 9.24. The molecule has 4 rings (SSSR count). The summed E-state index contributed by atoms with van der Waals surface area (Å²) in [7, 11) is 0. The highest BCUT2D eigenvalue weighted by Crippen LogP contribution is 2.28. The Labute approximate surface area is 158 Å². The van der Waals surface area contributed by atoms with E-state index >= 15 is 0 Å². The van der Waals surface area contributed by atoms with Gasteiger partial charge in [-0.1, -0.05) is 6.07 Å². The van der Waals surface area contributed by atoms with Gasteiger partial charge < -0.3 is 4.90 Å². The summed E-state index contributed by atoms with van der Waals surface area (Å²) in [6.45, 7) is 6.86. The largest absolute Gasteiger partial charge is 0.338 e. The van der Waals surface area contributed by atoms with Crippen LogP contribution in [0.5, 0.6) is 0 Å². The van der Waals surface area contributed by atoms with Crippen LogP contribution < -0.4 is 9.80 Å². The first-order chi connectivity index (χ1) is 13.0. The third kappa shape index (κ3) is 3.42. The van der Waals surface area contributed by atoms with Crippen LogP contribution in [0.2, 0.25) is 0 Å². The van der Waals surface area contributed by atoms with Crippen LogP contribution in [-0.4, -0.2) is 58.9 Å². The Morgan fingerprint density at radius 1 is 0.926 bits per heavy atom. The smallest absolute Gasteiger partial charge is 0.251 e. The number of carbonyl (C=O) groups is 2. The Bertz CT molecular complexity index is 842. The lowest BCUT2D eigenvalue weighted by molar-refractivity contribution is -0.123. The van der Waals surface area contributed by atoms with Crippen LogP contribution in [0.3, 0.4) is 0 Å². The predicted molar refractivity (Wildman–Crippen MR) is 103 cm³/mol. The lowest BCUT2D eigenvalue weighted by Gasteiger charge is -2.36. The van der Waals surface area contributed by atoms with E-state index in [1.807, 2.05) is 32.0 Å². The minimum Gasteiger partial charge on any atom is -0.338 e. The van der Waals surface area contributed by atoms with Crippen LogP contribution >= 0.6 is 0 Å². The summed E-state index contributed by atoms with van der Waals surface area (Å²) in [6, 6.07) is 7.25. The number of nitrogens with zero attached hydrogens (tertiary/aromatic N) is 5. The third-order valence-electron chi connectivity index (χ3n) is 5.18. The molecular weight excluding hydrogens is 342 g/mol. The number of anilines is 2. The van der Waals surface area contributed by atoms with Crippen molar-refractivity contribution in [1.82, 2.24) is 14.9 Å². The minimum absolute atomic E-state index is 0.116. The average Bonchev–Trinajstić information content (AvgIpc) is 2.96. The summed E-state index contributed by atoms with van der Waals surface area (Å²) < 4.78 is 0. The second-order valence-corrected chi connectivity index (χ2v) is 7.21. The SMILES string of the molecule is Cc1cc(C)cc(N2C(=O)C[C@@H](N3CCN(c4ncccn4)CC3)C2=O)c1. The fraction of sp³-hybridized carbons (Fsp3) is 0.400. The number of imide groups is 1. The van der Waals surface area contributed by atoms with E-state index in [4.69, 9.17) is 0 Å². The van der Waals surface area contributed by atoms with Gasteiger partial charge in [-0.25, -0.2) is 14.9 Å². The van der Waals surface area contributed by atoms with Crippen molar-refractivity contribution in [2.45, 2.75) is 26.3 Å². The second-order valence-electron chi connectivity index (χ2n) is 7.21. The fourth-order valence-corrected chi connectivity index (χ4v) is 3.94. The summed E-state index contributed by atoms with van der Waals surface area (Å²) >= 11 is 0. The van der Waals surface area contributed by atoms with Crippen molar-refractivity contribution in [3.8, 4) is 0 Å². The van der Waals surface area contributed by atoms with Crippen LogP contribution in [-0.2, 0) is 9.59 Å². The van der Waals surface area contributed by atoms with E-state index in [1.54, 1.807) is 18.5 Å². The predicted octanol–water partition coefficient (Wildman–Crippen LogP) is 1.55. The molecule has 0 unspecified atom stereocenters. The number of aromatic nitrogens is 2. The Hall–Kier alpha value is -2.80. The third-order valence-corrected chi connectivity index (χ3v) is 5.18. The van der Waals surface area contributed by atoms with Gasteiger partial charge >= 0.3 is 0 Å². The molecule has 2 fully saturated rings. The standard InChI is InChI=1S/C20H23N5O2/c1-14-10-15(2)12-16(11-14)25-18(26)13-17(19(25)27)23-6-8-24(9-7-23)20-21-4-3-5-22-20/h3-5,10-12,17H,6-9,13H2,1-2H3/t17-/m1/s1. The van der Waals surface area contributed by atoms with Crippen LogP contribution in [0.25, 0.3) is 0 Å². The van der Waals surface area contributed by atoms with Gasteiger partial charge in [0.05, 0.1) is 18.2 Å². The highest BCUT2D eigenvalue weighted by atomic mass is 16.2.